The van der Waals surface area contributed by atoms with Gasteiger partial charge >= 0.3 is 5.97 Å². The lowest BCUT2D eigenvalue weighted by molar-refractivity contribution is -0.272. The Morgan fingerprint density at radius 3 is 2.62 bits per heavy atom. The Morgan fingerprint density at radius 2 is 1.91 bits per heavy atom. The predicted molar refractivity (Wildman–Crippen MR) is 128 cm³/mol. The average molecular weight is 471 g/mol. The van der Waals surface area contributed by atoms with Crippen molar-refractivity contribution < 1.29 is 23.8 Å². The van der Waals surface area contributed by atoms with Gasteiger partial charge in [0.05, 0.1) is 12.7 Å². The van der Waals surface area contributed by atoms with E-state index in [1.807, 2.05) is 6.08 Å². The van der Waals surface area contributed by atoms with Crippen LogP contribution in [0.1, 0.15) is 86.0 Å². The Bertz CT molecular complexity index is 915. The Kier molecular flexibility index (Phi) is 5.22. The first-order valence-electron chi connectivity index (χ1n) is 13.8. The molecular weight excluding hydrogens is 428 g/mol. The number of ether oxygens (including phenoxy) is 3. The van der Waals surface area contributed by atoms with Gasteiger partial charge in [0.15, 0.2) is 17.7 Å². The Hall–Kier alpha value is -1.20. The Morgan fingerprint density at radius 1 is 1.12 bits per heavy atom. The zero-order valence-electron chi connectivity index (χ0n) is 21.6. The van der Waals surface area contributed by atoms with Crippen LogP contribution in [0.25, 0.3) is 0 Å². The van der Waals surface area contributed by atoms with E-state index >= 15 is 0 Å². The van der Waals surface area contributed by atoms with E-state index in [4.69, 9.17) is 14.2 Å². The lowest BCUT2D eigenvalue weighted by atomic mass is 9.46. The van der Waals surface area contributed by atoms with E-state index in [9.17, 15) is 9.59 Å². The fraction of sp³-hybridized carbons (Fsp3) is 0.862. The third-order valence-electron chi connectivity index (χ3n) is 11.6. The molecular formula is C29H42O5. The molecule has 34 heavy (non-hydrogen) atoms. The molecule has 6 rings (SSSR count). The van der Waals surface area contributed by atoms with Crippen molar-refractivity contribution in [2.24, 2.45) is 46.3 Å². The van der Waals surface area contributed by atoms with Crippen molar-refractivity contribution in [3.8, 4) is 0 Å². The molecule has 188 valence electrons. The lowest BCUT2D eigenvalue weighted by Gasteiger charge is -2.59. The maximum atomic E-state index is 12.7. The maximum Gasteiger partial charge on any atom is 0.303 e. The molecule has 5 fully saturated rings. The minimum absolute atomic E-state index is 0.0218. The molecule has 5 nitrogen and oxygen atoms in total. The highest BCUT2D eigenvalue weighted by Crippen LogP contribution is 2.71. The largest absolute Gasteiger partial charge is 0.454 e. The van der Waals surface area contributed by atoms with Crippen LogP contribution in [0.15, 0.2) is 11.6 Å². The number of rotatable bonds is 1. The summed E-state index contributed by atoms with van der Waals surface area (Å²) in [6.07, 6.45) is 10.1. The SMILES string of the molecule is CC(=O)O[C@@H]1C[C@@]2(C)C(=CC1=O)CCC1C3CC4O[C@]5(CCC(C)CO5)[C@@H](C)C4[C@@]3(C)CCC12. The summed E-state index contributed by atoms with van der Waals surface area (Å²) in [7, 11) is 0. The second-order valence-corrected chi connectivity index (χ2v) is 13.2. The Balaban J connectivity index is 1.26. The molecule has 0 amide bonds. The van der Waals surface area contributed by atoms with E-state index in [1.165, 1.54) is 38.2 Å². The number of hydrogen-bond acceptors (Lipinski definition) is 5. The minimum atomic E-state index is -0.615. The van der Waals surface area contributed by atoms with Crippen LogP contribution in [-0.2, 0) is 23.8 Å². The molecule has 4 aliphatic carbocycles. The molecule has 11 atom stereocenters. The van der Waals surface area contributed by atoms with Crippen LogP contribution in [0.4, 0.5) is 0 Å². The second-order valence-electron chi connectivity index (χ2n) is 13.2. The van der Waals surface area contributed by atoms with Crippen molar-refractivity contribution in [2.75, 3.05) is 6.61 Å². The molecule has 0 N–H and O–H groups in total. The van der Waals surface area contributed by atoms with Crippen molar-refractivity contribution in [1.29, 1.82) is 0 Å². The van der Waals surface area contributed by atoms with Crippen molar-refractivity contribution in [3.05, 3.63) is 11.6 Å². The van der Waals surface area contributed by atoms with Crippen LogP contribution in [0.2, 0.25) is 0 Å². The predicted octanol–water partition coefficient (Wildman–Crippen LogP) is 5.46. The molecule has 0 aromatic heterocycles. The molecule has 5 heteroatoms. The standard InChI is InChI=1S/C29H42O5/c1-16-8-11-29(32-15-16)17(2)26-24(34-29)13-22-20-7-6-19-12-23(31)25(33-18(3)30)14-28(19,5)21(20)9-10-27(22,26)4/h12,16-17,20-22,24-26H,6-11,13-15H2,1-5H3/t16?,17-,20?,21?,22?,24?,25+,26?,27-,28-,29+/m0/s1. The summed E-state index contributed by atoms with van der Waals surface area (Å²) in [6, 6.07) is 0. The topological polar surface area (TPSA) is 61.8 Å². The number of esters is 1. The fourth-order valence-corrected chi connectivity index (χ4v) is 9.91. The summed E-state index contributed by atoms with van der Waals surface area (Å²) >= 11 is 0. The molecule has 2 aliphatic heterocycles. The summed E-state index contributed by atoms with van der Waals surface area (Å²) in [5.74, 6) is 2.75. The highest BCUT2D eigenvalue weighted by molar-refractivity contribution is 5.96. The summed E-state index contributed by atoms with van der Waals surface area (Å²) in [5, 5.41) is 0. The van der Waals surface area contributed by atoms with Gasteiger partial charge in [-0.3, -0.25) is 9.59 Å². The van der Waals surface area contributed by atoms with Crippen molar-refractivity contribution in [1.82, 2.24) is 0 Å². The smallest absolute Gasteiger partial charge is 0.303 e. The van der Waals surface area contributed by atoms with Gasteiger partial charge < -0.3 is 14.2 Å². The van der Waals surface area contributed by atoms with E-state index in [1.54, 1.807) is 0 Å². The van der Waals surface area contributed by atoms with Gasteiger partial charge in [-0.2, -0.15) is 0 Å². The van der Waals surface area contributed by atoms with Crippen molar-refractivity contribution in [3.63, 3.8) is 0 Å². The molecule has 1 spiro atoms. The third-order valence-corrected chi connectivity index (χ3v) is 11.6. The van der Waals surface area contributed by atoms with Gasteiger partial charge in [-0.25, -0.2) is 0 Å². The van der Waals surface area contributed by atoms with Gasteiger partial charge in [-0.15, -0.1) is 0 Å². The number of ketones is 1. The molecule has 0 bridgehead atoms. The zero-order chi connectivity index (χ0) is 24.0. The first-order valence-corrected chi connectivity index (χ1v) is 13.8. The highest BCUT2D eigenvalue weighted by atomic mass is 16.7. The van der Waals surface area contributed by atoms with E-state index in [2.05, 4.69) is 27.7 Å². The van der Waals surface area contributed by atoms with Crippen LogP contribution < -0.4 is 0 Å². The van der Waals surface area contributed by atoms with Gasteiger partial charge in [0.2, 0.25) is 0 Å². The number of allylic oxidation sites excluding steroid dienone is 1. The van der Waals surface area contributed by atoms with Gasteiger partial charge in [0.25, 0.3) is 0 Å². The monoisotopic (exact) mass is 470 g/mol. The van der Waals surface area contributed by atoms with Crippen molar-refractivity contribution >= 4 is 11.8 Å². The second kappa shape index (κ2) is 7.65. The third kappa shape index (κ3) is 3.11. The number of carbonyl (C=O) groups is 2. The van der Waals surface area contributed by atoms with Crippen LogP contribution in [0.5, 0.6) is 0 Å². The average Bonchev–Trinajstić information content (AvgIpc) is 3.21. The molecule has 6 unspecified atom stereocenters. The Labute approximate surface area is 204 Å². The number of carbonyl (C=O) groups excluding carboxylic acids is 2. The van der Waals surface area contributed by atoms with Gasteiger partial charge in [-0.05, 0) is 85.0 Å². The van der Waals surface area contributed by atoms with Crippen LogP contribution >= 0.6 is 0 Å². The lowest BCUT2D eigenvalue weighted by Crippen LogP contribution is -2.54. The van der Waals surface area contributed by atoms with Gasteiger partial charge in [0.1, 0.15) is 0 Å². The summed E-state index contributed by atoms with van der Waals surface area (Å²) in [4.78, 5) is 24.3. The van der Waals surface area contributed by atoms with E-state index < -0.39 is 6.10 Å². The number of fused-ring (bicyclic) bond motifs is 7. The van der Waals surface area contributed by atoms with E-state index in [0.29, 0.717) is 53.4 Å². The molecule has 0 aromatic carbocycles. The molecule has 2 heterocycles. The quantitative estimate of drug-likeness (QED) is 0.476. The van der Waals surface area contributed by atoms with Crippen LogP contribution in [-0.4, -0.2) is 36.4 Å². The highest BCUT2D eigenvalue weighted by Gasteiger charge is 2.69. The fourth-order valence-electron chi connectivity index (χ4n) is 9.91. The van der Waals surface area contributed by atoms with Gasteiger partial charge in [0, 0.05) is 25.7 Å². The maximum absolute atomic E-state index is 12.7. The molecule has 3 saturated carbocycles. The molecule has 6 aliphatic rings. The normalized spacial score (nSPS) is 54.0. The van der Waals surface area contributed by atoms with Crippen LogP contribution in [0, 0.1) is 46.3 Å². The summed E-state index contributed by atoms with van der Waals surface area (Å²) < 4.78 is 18.8. The molecule has 2 saturated heterocycles. The molecule has 0 radical (unpaired) electrons. The first-order chi connectivity index (χ1) is 16.1. The first kappa shape index (κ1) is 23.2. The van der Waals surface area contributed by atoms with Crippen LogP contribution in [0.3, 0.4) is 0 Å². The summed E-state index contributed by atoms with van der Waals surface area (Å²) in [6.45, 7) is 11.8. The minimum Gasteiger partial charge on any atom is -0.454 e. The summed E-state index contributed by atoms with van der Waals surface area (Å²) in [5.41, 5.74) is 1.54. The molecule has 0 aromatic rings. The van der Waals surface area contributed by atoms with Crippen molar-refractivity contribution in [2.45, 2.75) is 104 Å². The zero-order valence-corrected chi connectivity index (χ0v) is 21.6. The van der Waals surface area contributed by atoms with Gasteiger partial charge in [-0.1, -0.05) is 33.3 Å². The number of hydrogen-bond donors (Lipinski definition) is 0. The van der Waals surface area contributed by atoms with E-state index in [-0.39, 0.29) is 23.0 Å². The van der Waals surface area contributed by atoms with E-state index in [0.717, 1.165) is 25.9 Å².